The highest BCUT2D eigenvalue weighted by Crippen LogP contribution is 2.14. The van der Waals surface area contributed by atoms with Crippen LogP contribution in [0.15, 0.2) is 27.8 Å². The van der Waals surface area contributed by atoms with E-state index in [2.05, 4.69) is 31.7 Å². The first-order chi connectivity index (χ1) is 10.0. The average molecular weight is 308 g/mol. The summed E-state index contributed by atoms with van der Waals surface area (Å²) >= 11 is 0. The molecule has 0 spiro atoms. The molecule has 0 saturated heterocycles. The van der Waals surface area contributed by atoms with E-state index in [0.29, 0.717) is 12.0 Å². The number of nitrogens with zero attached hydrogens (tertiary/aromatic N) is 3. The van der Waals surface area contributed by atoms with Crippen LogP contribution in [0.5, 0.6) is 0 Å². The van der Waals surface area contributed by atoms with E-state index in [1.165, 1.54) is 18.5 Å². The molecule has 0 aliphatic rings. The second-order valence-electron chi connectivity index (χ2n) is 3.92. The standard InChI is InChI=1S/C12H12N4O4S/c1-9-14-15-12(20-9)16-21(18,19)11-6-10(7-13-8-11)4-2-3-5-17/h6-8,17H,3,5H2,1H3,(H,15,16). The summed E-state index contributed by atoms with van der Waals surface area (Å²) in [6.45, 7) is 1.49. The highest BCUT2D eigenvalue weighted by Gasteiger charge is 2.18. The lowest BCUT2D eigenvalue weighted by Crippen LogP contribution is -2.13. The third-order valence-electron chi connectivity index (χ3n) is 2.24. The zero-order chi connectivity index (χ0) is 15.3. The average Bonchev–Trinajstić information content (AvgIpc) is 2.84. The fraction of sp³-hybridized carbons (Fsp3) is 0.250. The van der Waals surface area contributed by atoms with Gasteiger partial charge in [0, 0.05) is 31.3 Å². The summed E-state index contributed by atoms with van der Waals surface area (Å²) in [5.74, 6) is 5.64. The van der Waals surface area contributed by atoms with Crippen molar-refractivity contribution in [3.63, 3.8) is 0 Å². The van der Waals surface area contributed by atoms with Gasteiger partial charge >= 0.3 is 6.01 Å². The topological polar surface area (TPSA) is 118 Å². The predicted octanol–water partition coefficient (Wildman–Crippen LogP) is 0.308. The molecule has 0 amide bonds. The molecule has 0 fully saturated rings. The molecule has 2 N–H and O–H groups in total. The molecule has 110 valence electrons. The third kappa shape index (κ3) is 4.01. The summed E-state index contributed by atoms with van der Waals surface area (Å²) in [5, 5.41) is 15.7. The number of hydrogen-bond donors (Lipinski definition) is 2. The Labute approximate surface area is 121 Å². The van der Waals surface area contributed by atoms with E-state index in [1.54, 1.807) is 6.92 Å². The first kappa shape index (κ1) is 15.0. The third-order valence-corrected chi connectivity index (χ3v) is 3.53. The number of rotatable bonds is 4. The zero-order valence-electron chi connectivity index (χ0n) is 11.1. The Morgan fingerprint density at radius 1 is 1.38 bits per heavy atom. The minimum Gasteiger partial charge on any atom is -0.408 e. The van der Waals surface area contributed by atoms with Crippen LogP contribution < -0.4 is 4.72 Å². The highest BCUT2D eigenvalue weighted by molar-refractivity contribution is 7.92. The largest absolute Gasteiger partial charge is 0.408 e. The van der Waals surface area contributed by atoms with Gasteiger partial charge in [-0.3, -0.25) is 4.98 Å². The molecule has 2 rings (SSSR count). The smallest absolute Gasteiger partial charge is 0.329 e. The maximum atomic E-state index is 12.1. The molecule has 2 aromatic heterocycles. The molecule has 9 heteroatoms. The van der Waals surface area contributed by atoms with E-state index in [-0.39, 0.29) is 23.4 Å². The first-order valence-electron chi connectivity index (χ1n) is 5.89. The molecule has 2 aromatic rings. The van der Waals surface area contributed by atoms with Crippen LogP contribution in [-0.4, -0.2) is 35.3 Å². The van der Waals surface area contributed by atoms with Crippen LogP contribution >= 0.6 is 0 Å². The first-order valence-corrected chi connectivity index (χ1v) is 7.37. The van der Waals surface area contributed by atoms with Gasteiger partial charge in [-0.25, -0.2) is 13.1 Å². The molecule has 0 saturated carbocycles. The van der Waals surface area contributed by atoms with Crippen LogP contribution in [0.4, 0.5) is 6.01 Å². The zero-order valence-corrected chi connectivity index (χ0v) is 11.9. The molecule has 21 heavy (non-hydrogen) atoms. The van der Waals surface area contributed by atoms with Gasteiger partial charge in [0.2, 0.25) is 5.89 Å². The summed E-state index contributed by atoms with van der Waals surface area (Å²) in [5.41, 5.74) is 0.424. The van der Waals surface area contributed by atoms with Crippen molar-refractivity contribution in [2.45, 2.75) is 18.2 Å². The van der Waals surface area contributed by atoms with Crippen molar-refractivity contribution >= 4 is 16.0 Å². The second kappa shape index (κ2) is 6.34. The molecule has 0 atom stereocenters. The van der Waals surface area contributed by atoms with Crippen molar-refractivity contribution in [3.8, 4) is 11.8 Å². The minimum atomic E-state index is -3.88. The van der Waals surface area contributed by atoms with Crippen molar-refractivity contribution in [1.82, 2.24) is 15.2 Å². The van der Waals surface area contributed by atoms with Crippen LogP contribution in [-0.2, 0) is 10.0 Å². The SMILES string of the molecule is Cc1nnc(NS(=O)(=O)c2cncc(C#CCCO)c2)o1. The van der Waals surface area contributed by atoms with Gasteiger partial charge in [-0.2, -0.15) is 0 Å². The van der Waals surface area contributed by atoms with E-state index in [4.69, 9.17) is 9.52 Å². The van der Waals surface area contributed by atoms with Crippen LogP contribution in [0.3, 0.4) is 0 Å². The van der Waals surface area contributed by atoms with E-state index >= 15 is 0 Å². The molecule has 0 aliphatic heterocycles. The number of anilines is 1. The predicted molar refractivity (Wildman–Crippen MR) is 72.7 cm³/mol. The molecule has 0 radical (unpaired) electrons. The monoisotopic (exact) mass is 308 g/mol. The Morgan fingerprint density at radius 3 is 2.86 bits per heavy atom. The van der Waals surface area contributed by atoms with Gasteiger partial charge in [-0.05, 0) is 6.07 Å². The maximum absolute atomic E-state index is 12.1. The Hall–Kier alpha value is -2.44. The number of pyridine rings is 1. The fourth-order valence-corrected chi connectivity index (χ4v) is 2.28. The van der Waals surface area contributed by atoms with Gasteiger partial charge < -0.3 is 9.52 Å². The van der Waals surface area contributed by atoms with E-state index in [9.17, 15) is 8.42 Å². The van der Waals surface area contributed by atoms with Crippen molar-refractivity contribution in [1.29, 1.82) is 0 Å². The van der Waals surface area contributed by atoms with Gasteiger partial charge in [-0.1, -0.05) is 16.9 Å². The summed E-state index contributed by atoms with van der Waals surface area (Å²) in [7, 11) is -3.88. The molecule has 0 unspecified atom stereocenters. The molecule has 0 bridgehead atoms. The van der Waals surface area contributed by atoms with Crippen LogP contribution in [0.25, 0.3) is 0 Å². The van der Waals surface area contributed by atoms with Gasteiger partial charge in [0.15, 0.2) is 0 Å². The summed E-state index contributed by atoms with van der Waals surface area (Å²) in [6.07, 6.45) is 2.92. The normalized spacial score (nSPS) is 10.8. The van der Waals surface area contributed by atoms with Crippen LogP contribution in [0.2, 0.25) is 0 Å². The highest BCUT2D eigenvalue weighted by atomic mass is 32.2. The van der Waals surface area contributed by atoms with Crippen LogP contribution in [0, 0.1) is 18.8 Å². The lowest BCUT2D eigenvalue weighted by molar-refractivity contribution is 0.305. The van der Waals surface area contributed by atoms with Crippen molar-refractivity contribution in [3.05, 3.63) is 29.9 Å². The Bertz CT molecular complexity index is 789. The Kier molecular flexibility index (Phi) is 4.52. The van der Waals surface area contributed by atoms with Crippen molar-refractivity contribution < 1.29 is 17.9 Å². The summed E-state index contributed by atoms with van der Waals surface area (Å²) in [6, 6.07) is 1.15. The molecule has 0 aromatic carbocycles. The summed E-state index contributed by atoms with van der Waals surface area (Å²) in [4.78, 5) is 3.75. The lowest BCUT2D eigenvalue weighted by atomic mass is 10.3. The van der Waals surface area contributed by atoms with Crippen molar-refractivity contribution in [2.75, 3.05) is 11.3 Å². The number of aliphatic hydroxyl groups is 1. The van der Waals surface area contributed by atoms with Gasteiger partial charge in [-0.15, -0.1) is 5.10 Å². The molecular weight excluding hydrogens is 296 g/mol. The number of aliphatic hydroxyl groups excluding tert-OH is 1. The van der Waals surface area contributed by atoms with E-state index in [0.717, 1.165) is 0 Å². The van der Waals surface area contributed by atoms with E-state index in [1.807, 2.05) is 0 Å². The molecule has 2 heterocycles. The van der Waals surface area contributed by atoms with Gasteiger partial charge in [0.1, 0.15) is 4.90 Å². The molecule has 0 aliphatic carbocycles. The quantitative estimate of drug-likeness (QED) is 0.780. The second-order valence-corrected chi connectivity index (χ2v) is 5.60. The lowest BCUT2D eigenvalue weighted by Gasteiger charge is -2.03. The maximum Gasteiger partial charge on any atom is 0.329 e. The Balaban J connectivity index is 2.24. The number of sulfonamides is 1. The number of aryl methyl sites for hydroxylation is 1. The number of nitrogens with one attached hydrogen (secondary N) is 1. The number of aromatic nitrogens is 3. The molecule has 8 nitrogen and oxygen atoms in total. The van der Waals surface area contributed by atoms with Crippen LogP contribution in [0.1, 0.15) is 17.9 Å². The number of hydrogen-bond acceptors (Lipinski definition) is 7. The van der Waals surface area contributed by atoms with E-state index < -0.39 is 10.0 Å². The van der Waals surface area contributed by atoms with Gasteiger partial charge in [0.25, 0.3) is 10.0 Å². The minimum absolute atomic E-state index is 0.0590. The molecular formula is C12H12N4O4S. The fourth-order valence-electron chi connectivity index (χ4n) is 1.37. The Morgan fingerprint density at radius 2 is 2.19 bits per heavy atom. The summed E-state index contributed by atoms with van der Waals surface area (Å²) < 4.78 is 31.4. The van der Waals surface area contributed by atoms with Gasteiger partial charge in [0.05, 0.1) is 6.61 Å². The van der Waals surface area contributed by atoms with Crippen molar-refractivity contribution in [2.24, 2.45) is 0 Å².